The molecule has 4 aliphatic rings. The minimum atomic E-state index is -0.612. The van der Waals surface area contributed by atoms with E-state index in [9.17, 15) is 14.4 Å². The van der Waals surface area contributed by atoms with Crippen LogP contribution in [0.3, 0.4) is 0 Å². The zero-order valence-corrected chi connectivity index (χ0v) is 13.5. The third-order valence-electron chi connectivity index (χ3n) is 5.30. The molecule has 1 spiro atoms. The van der Waals surface area contributed by atoms with E-state index in [4.69, 9.17) is 9.47 Å². The van der Waals surface area contributed by atoms with Crippen LogP contribution < -0.4 is 20.1 Å². The molecular weight excluding hydrogens is 326 g/mol. The fourth-order valence-electron chi connectivity index (χ4n) is 3.82. The zero-order valence-electron chi connectivity index (χ0n) is 13.5. The summed E-state index contributed by atoms with van der Waals surface area (Å²) in [5.74, 6) is 0.303. The monoisotopic (exact) mass is 343 g/mol. The van der Waals surface area contributed by atoms with E-state index in [2.05, 4.69) is 10.6 Å². The number of rotatable bonds is 1. The molecule has 0 bridgehead atoms. The molecular formula is C17H17N3O5. The fourth-order valence-corrected chi connectivity index (χ4v) is 3.82. The van der Waals surface area contributed by atoms with Crippen LogP contribution in [-0.2, 0) is 16.1 Å². The second-order valence-corrected chi connectivity index (χ2v) is 7.03. The molecule has 5 rings (SSSR count). The Morgan fingerprint density at radius 2 is 2.00 bits per heavy atom. The molecule has 1 aromatic rings. The average molecular weight is 343 g/mol. The number of nitrogens with zero attached hydrogens (tertiary/aromatic N) is 1. The van der Waals surface area contributed by atoms with E-state index >= 15 is 0 Å². The van der Waals surface area contributed by atoms with Gasteiger partial charge in [-0.2, -0.15) is 0 Å². The molecule has 130 valence electrons. The molecule has 2 saturated heterocycles. The molecule has 1 aromatic carbocycles. The van der Waals surface area contributed by atoms with Crippen molar-refractivity contribution in [2.75, 3.05) is 19.7 Å². The first-order valence-electron chi connectivity index (χ1n) is 8.39. The average Bonchev–Trinajstić information content (AvgIpc) is 2.87. The van der Waals surface area contributed by atoms with Crippen LogP contribution in [0, 0.1) is 0 Å². The molecule has 8 heteroatoms. The second-order valence-electron chi connectivity index (χ2n) is 7.03. The van der Waals surface area contributed by atoms with E-state index in [-0.39, 0.29) is 23.8 Å². The minimum Gasteiger partial charge on any atom is -0.485 e. The van der Waals surface area contributed by atoms with Gasteiger partial charge in [-0.25, -0.2) is 0 Å². The van der Waals surface area contributed by atoms with Crippen LogP contribution >= 0.6 is 0 Å². The summed E-state index contributed by atoms with van der Waals surface area (Å²) in [7, 11) is 0. The summed E-state index contributed by atoms with van der Waals surface area (Å²) >= 11 is 0. The van der Waals surface area contributed by atoms with Crippen LogP contribution in [0.25, 0.3) is 0 Å². The number of amides is 3. The topological polar surface area (TPSA) is 97.0 Å². The van der Waals surface area contributed by atoms with Gasteiger partial charge in [-0.1, -0.05) is 0 Å². The molecule has 8 nitrogen and oxygen atoms in total. The Labute approximate surface area is 143 Å². The van der Waals surface area contributed by atoms with E-state index in [1.807, 2.05) is 6.07 Å². The van der Waals surface area contributed by atoms with Crippen molar-refractivity contribution in [2.24, 2.45) is 0 Å². The van der Waals surface area contributed by atoms with Crippen molar-refractivity contribution in [3.05, 3.63) is 23.3 Å². The summed E-state index contributed by atoms with van der Waals surface area (Å²) in [4.78, 5) is 37.8. The number of hydrogen-bond donors (Lipinski definition) is 2. The number of ether oxygens (including phenoxy) is 2. The zero-order chi connectivity index (χ0) is 17.2. The Hall–Kier alpha value is -2.61. The van der Waals surface area contributed by atoms with Crippen LogP contribution in [0.4, 0.5) is 0 Å². The van der Waals surface area contributed by atoms with Gasteiger partial charge in [0, 0.05) is 31.6 Å². The lowest BCUT2D eigenvalue weighted by molar-refractivity contribution is -0.136. The number of imide groups is 1. The van der Waals surface area contributed by atoms with Crippen LogP contribution in [-0.4, -0.2) is 54.0 Å². The Balaban J connectivity index is 1.44. The molecule has 1 atom stereocenters. The lowest BCUT2D eigenvalue weighted by Crippen LogP contribution is -2.67. The lowest BCUT2D eigenvalue weighted by atomic mass is 9.96. The summed E-state index contributed by atoms with van der Waals surface area (Å²) in [5, 5.41) is 5.48. The third kappa shape index (κ3) is 2.13. The molecule has 2 fully saturated rings. The SMILES string of the molecule is O=C1CC[C@H](N2Cc3cc4c(cc3C2=O)OC2(CNC2)CO4)C(=O)N1. The number of carbonyl (C=O) groups is 3. The van der Waals surface area contributed by atoms with Crippen LogP contribution in [0.1, 0.15) is 28.8 Å². The fraction of sp³-hybridized carbons (Fsp3) is 0.471. The molecule has 2 N–H and O–H groups in total. The molecule has 3 amide bonds. The Morgan fingerprint density at radius 3 is 2.72 bits per heavy atom. The van der Waals surface area contributed by atoms with Gasteiger partial charge in [0.05, 0.1) is 0 Å². The first-order valence-corrected chi connectivity index (χ1v) is 8.39. The van der Waals surface area contributed by atoms with Crippen molar-refractivity contribution < 1.29 is 23.9 Å². The third-order valence-corrected chi connectivity index (χ3v) is 5.30. The Morgan fingerprint density at radius 1 is 1.16 bits per heavy atom. The van der Waals surface area contributed by atoms with Gasteiger partial charge in [-0.05, 0) is 24.1 Å². The maximum atomic E-state index is 12.8. The molecule has 0 unspecified atom stereocenters. The Bertz CT molecular complexity index is 817. The predicted octanol–water partition coefficient (Wildman–Crippen LogP) is -0.439. The number of carbonyl (C=O) groups excluding carboxylic acids is 3. The lowest BCUT2D eigenvalue weighted by Gasteiger charge is -2.45. The number of hydrogen-bond acceptors (Lipinski definition) is 6. The number of benzene rings is 1. The summed E-state index contributed by atoms with van der Waals surface area (Å²) in [6.45, 7) is 2.26. The van der Waals surface area contributed by atoms with Crippen LogP contribution in [0.2, 0.25) is 0 Å². The molecule has 0 saturated carbocycles. The van der Waals surface area contributed by atoms with Crippen molar-refractivity contribution in [1.29, 1.82) is 0 Å². The van der Waals surface area contributed by atoms with Gasteiger partial charge in [0.25, 0.3) is 5.91 Å². The molecule has 4 aliphatic heterocycles. The normalized spacial score (nSPS) is 26.3. The second kappa shape index (κ2) is 4.95. The van der Waals surface area contributed by atoms with Gasteiger partial charge in [0.15, 0.2) is 17.1 Å². The highest BCUT2D eigenvalue weighted by atomic mass is 16.6. The van der Waals surface area contributed by atoms with E-state index in [0.29, 0.717) is 36.6 Å². The quantitative estimate of drug-likeness (QED) is 0.671. The largest absolute Gasteiger partial charge is 0.485 e. The van der Waals surface area contributed by atoms with E-state index in [1.54, 1.807) is 6.07 Å². The molecule has 4 heterocycles. The molecule has 0 aromatic heterocycles. The van der Waals surface area contributed by atoms with Gasteiger partial charge in [0.2, 0.25) is 11.8 Å². The smallest absolute Gasteiger partial charge is 0.255 e. The summed E-state index contributed by atoms with van der Waals surface area (Å²) < 4.78 is 11.9. The summed E-state index contributed by atoms with van der Waals surface area (Å²) in [6, 6.07) is 2.93. The summed E-state index contributed by atoms with van der Waals surface area (Å²) in [5.41, 5.74) is 1.02. The van der Waals surface area contributed by atoms with Crippen molar-refractivity contribution in [2.45, 2.75) is 31.0 Å². The first-order chi connectivity index (χ1) is 12.0. The van der Waals surface area contributed by atoms with E-state index in [1.165, 1.54) is 4.90 Å². The standard InChI is InChI=1S/C17H17N3O5/c21-14-2-1-11(15(22)19-14)20-5-9-3-12-13(4-10(9)16(20)23)25-17(8-24-12)6-18-7-17/h3-4,11,18H,1-2,5-8H2,(H,19,21,22)/t11-/m0/s1. The van der Waals surface area contributed by atoms with Crippen LogP contribution in [0.5, 0.6) is 11.5 Å². The maximum Gasteiger partial charge on any atom is 0.255 e. The van der Waals surface area contributed by atoms with Crippen LogP contribution in [0.15, 0.2) is 12.1 Å². The number of piperidine rings is 1. The minimum absolute atomic E-state index is 0.206. The van der Waals surface area contributed by atoms with Crippen molar-refractivity contribution in [3.8, 4) is 11.5 Å². The molecule has 0 aliphatic carbocycles. The van der Waals surface area contributed by atoms with E-state index < -0.39 is 11.9 Å². The molecule has 25 heavy (non-hydrogen) atoms. The number of fused-ring (bicyclic) bond motifs is 2. The highest BCUT2D eigenvalue weighted by molar-refractivity contribution is 6.05. The van der Waals surface area contributed by atoms with Gasteiger partial charge in [-0.15, -0.1) is 0 Å². The Kier molecular flexibility index (Phi) is 2.91. The van der Waals surface area contributed by atoms with Crippen molar-refractivity contribution >= 4 is 17.7 Å². The van der Waals surface area contributed by atoms with Gasteiger partial charge in [0.1, 0.15) is 12.6 Å². The van der Waals surface area contributed by atoms with Crippen molar-refractivity contribution in [1.82, 2.24) is 15.5 Å². The van der Waals surface area contributed by atoms with E-state index in [0.717, 1.165) is 18.7 Å². The first kappa shape index (κ1) is 14.7. The van der Waals surface area contributed by atoms with Crippen molar-refractivity contribution in [3.63, 3.8) is 0 Å². The highest BCUT2D eigenvalue weighted by Gasteiger charge is 2.45. The highest BCUT2D eigenvalue weighted by Crippen LogP contribution is 2.41. The number of nitrogens with one attached hydrogen (secondary N) is 2. The maximum absolute atomic E-state index is 12.8. The van der Waals surface area contributed by atoms with Gasteiger partial charge >= 0.3 is 0 Å². The van der Waals surface area contributed by atoms with Gasteiger partial charge in [-0.3, -0.25) is 19.7 Å². The predicted molar refractivity (Wildman–Crippen MR) is 84.2 cm³/mol. The molecule has 0 radical (unpaired) electrons. The van der Waals surface area contributed by atoms with Gasteiger partial charge < -0.3 is 19.7 Å². The summed E-state index contributed by atoms with van der Waals surface area (Å²) in [6.07, 6.45) is 0.598.